The first-order chi connectivity index (χ1) is 10.7. The fraction of sp³-hybridized carbons (Fsp3) is 0.412. The van der Waals surface area contributed by atoms with Crippen molar-refractivity contribution >= 4 is 24.1 Å². The molecule has 3 rings (SSSR count). The summed E-state index contributed by atoms with van der Waals surface area (Å²) >= 11 is 0. The molecule has 0 radical (unpaired) electrons. The molecule has 1 N–H and O–H groups in total. The number of anilines is 2. The number of ether oxygens (including phenoxy) is 1. The predicted molar refractivity (Wildman–Crippen MR) is 94.1 cm³/mol. The third-order valence-electron chi connectivity index (χ3n) is 4.49. The summed E-state index contributed by atoms with van der Waals surface area (Å²) in [5.74, 6) is 0.449. The molecule has 1 spiro atoms. The molecule has 1 aromatic rings. The van der Waals surface area contributed by atoms with E-state index in [1.165, 1.54) is 18.3 Å². The number of piperidine rings is 1. The van der Waals surface area contributed by atoms with E-state index in [-0.39, 0.29) is 7.03 Å². The Bertz CT molecular complexity index is 571. The molecule has 5 nitrogen and oxygen atoms in total. The van der Waals surface area contributed by atoms with Crippen LogP contribution in [-0.2, 0) is 4.74 Å². The second kappa shape index (κ2) is 6.32. The minimum atomic E-state index is 0. The second-order valence-electron chi connectivity index (χ2n) is 5.73. The molecule has 5 heteroatoms. The summed E-state index contributed by atoms with van der Waals surface area (Å²) in [7, 11) is 0. The van der Waals surface area contributed by atoms with Crippen LogP contribution in [0.4, 0.5) is 11.4 Å². The monoisotopic (exact) mass is 300 g/mol. The minimum Gasteiger partial charge on any atom is -0.375 e. The molecule has 0 amide bonds. The van der Waals surface area contributed by atoms with E-state index in [2.05, 4.69) is 45.6 Å². The first-order valence-corrected chi connectivity index (χ1v) is 7.66. The topological polar surface area (TPSA) is 49.2 Å². The van der Waals surface area contributed by atoms with Crippen LogP contribution in [0.1, 0.15) is 20.7 Å². The molecule has 0 unspecified atom stereocenters. The van der Waals surface area contributed by atoms with E-state index in [1.54, 1.807) is 0 Å². The first-order valence-electron chi connectivity index (χ1n) is 7.66. The third-order valence-corrected chi connectivity index (χ3v) is 4.49. The minimum absolute atomic E-state index is 0. The van der Waals surface area contributed by atoms with E-state index in [0.29, 0.717) is 5.96 Å². The van der Waals surface area contributed by atoms with Gasteiger partial charge in [-0.15, -0.1) is 0 Å². The van der Waals surface area contributed by atoms with Crippen molar-refractivity contribution in [1.29, 1.82) is 0 Å². The number of hydrogen-bond acceptors (Lipinski definition) is 3. The smallest absolute Gasteiger partial charge is 0.226 e. The fourth-order valence-electron chi connectivity index (χ4n) is 3.04. The van der Waals surface area contributed by atoms with Gasteiger partial charge in [0.05, 0.1) is 12.2 Å². The van der Waals surface area contributed by atoms with Gasteiger partial charge in [0.1, 0.15) is 0 Å². The molecule has 0 saturated carbocycles. The molecule has 2 aliphatic heterocycles. The summed E-state index contributed by atoms with van der Waals surface area (Å²) in [6, 6.07) is 8.31. The zero-order valence-corrected chi connectivity index (χ0v) is 12.8. The van der Waals surface area contributed by atoms with Crippen LogP contribution in [0.3, 0.4) is 0 Å². The lowest BCUT2D eigenvalue weighted by Gasteiger charge is -2.48. The summed E-state index contributed by atoms with van der Waals surface area (Å²) in [6.45, 7) is 10.1. The van der Waals surface area contributed by atoms with Crippen LogP contribution in [0, 0.1) is 0 Å². The summed E-state index contributed by atoms with van der Waals surface area (Å²) in [6.07, 6.45) is 4.92. The molecule has 2 fully saturated rings. The van der Waals surface area contributed by atoms with Crippen molar-refractivity contribution in [2.24, 2.45) is 9.98 Å². The van der Waals surface area contributed by atoms with Crippen LogP contribution >= 0.6 is 0 Å². The van der Waals surface area contributed by atoms with Crippen molar-refractivity contribution in [3.8, 4) is 0 Å². The van der Waals surface area contributed by atoms with Gasteiger partial charge >= 0.3 is 0 Å². The van der Waals surface area contributed by atoms with Gasteiger partial charge in [-0.05, 0) is 50.2 Å². The molecule has 0 bridgehead atoms. The van der Waals surface area contributed by atoms with Crippen LogP contribution in [0.5, 0.6) is 0 Å². The van der Waals surface area contributed by atoms with Gasteiger partial charge in [0.2, 0.25) is 5.96 Å². The molecular formula is C17H24N4O. The first kappa shape index (κ1) is 14.8. The fourth-order valence-corrected chi connectivity index (χ4v) is 3.04. The van der Waals surface area contributed by atoms with E-state index in [1.807, 2.05) is 12.1 Å². The Morgan fingerprint density at radius 3 is 2.45 bits per heavy atom. The summed E-state index contributed by atoms with van der Waals surface area (Å²) in [5, 5.41) is 3.10. The molecule has 0 aliphatic carbocycles. The lowest BCUT2D eigenvalue weighted by Crippen LogP contribution is -2.52. The number of benzene rings is 1. The molecule has 1 aromatic carbocycles. The summed E-state index contributed by atoms with van der Waals surface area (Å²) < 4.78 is 5.77. The van der Waals surface area contributed by atoms with E-state index >= 15 is 0 Å². The largest absolute Gasteiger partial charge is 0.375 e. The zero-order valence-electron chi connectivity index (χ0n) is 12.8. The van der Waals surface area contributed by atoms with E-state index in [9.17, 15) is 0 Å². The highest BCUT2D eigenvalue weighted by atomic mass is 16.5. The number of nitrogens with one attached hydrogen (secondary N) is 1. The highest BCUT2D eigenvalue weighted by Gasteiger charge is 2.40. The maximum absolute atomic E-state index is 5.77. The lowest BCUT2D eigenvalue weighted by atomic mass is 9.84. The Kier molecular flexibility index (Phi) is 4.24. The van der Waals surface area contributed by atoms with Gasteiger partial charge in [0, 0.05) is 32.1 Å². The van der Waals surface area contributed by atoms with Gasteiger partial charge in [-0.25, -0.2) is 9.98 Å². The van der Waals surface area contributed by atoms with Crippen LogP contribution in [0.25, 0.3) is 0 Å². The average molecular weight is 300 g/mol. The predicted octanol–water partition coefficient (Wildman–Crippen LogP) is 3.30. The normalized spacial score (nSPS) is 20.4. The molecule has 22 heavy (non-hydrogen) atoms. The second-order valence-corrected chi connectivity index (χ2v) is 5.73. The Morgan fingerprint density at radius 2 is 1.95 bits per heavy atom. The molecule has 0 aromatic heterocycles. The van der Waals surface area contributed by atoms with Crippen molar-refractivity contribution in [1.82, 2.24) is 0 Å². The molecule has 0 atom stereocenters. The van der Waals surface area contributed by atoms with E-state index in [4.69, 9.17) is 4.74 Å². The molecule has 2 saturated heterocycles. The highest BCUT2D eigenvalue weighted by Crippen LogP contribution is 2.37. The zero-order chi connectivity index (χ0) is 15.4. The van der Waals surface area contributed by atoms with Crippen molar-refractivity contribution < 1.29 is 6.16 Å². The maximum Gasteiger partial charge on any atom is 0.226 e. The summed E-state index contributed by atoms with van der Waals surface area (Å²) in [5.41, 5.74) is 2.38. The molecule has 2 heterocycles. The third kappa shape index (κ3) is 3.04. The molecular weight excluding hydrogens is 276 g/mol. The van der Waals surface area contributed by atoms with Crippen LogP contribution in [0.2, 0.25) is 0 Å². The van der Waals surface area contributed by atoms with E-state index < -0.39 is 0 Å². The quantitative estimate of drug-likeness (QED) is 0.688. The molecule has 118 valence electrons. The van der Waals surface area contributed by atoms with E-state index in [0.717, 1.165) is 38.2 Å². The highest BCUT2D eigenvalue weighted by molar-refractivity contribution is 5.96. The Hall–Kier alpha value is -2.14. The maximum atomic E-state index is 5.77. The Morgan fingerprint density at radius 1 is 1.27 bits per heavy atom. The number of hydrogen-bond donors (Lipinski definition) is 1. The number of aliphatic imine (C=N–C) groups is 2. The van der Waals surface area contributed by atoms with Gasteiger partial charge in [0.25, 0.3) is 0 Å². The van der Waals surface area contributed by atoms with Crippen LogP contribution in [0.15, 0.2) is 47.0 Å². The van der Waals surface area contributed by atoms with Crippen molar-refractivity contribution in [2.75, 3.05) is 29.9 Å². The van der Waals surface area contributed by atoms with Gasteiger partial charge in [-0.2, -0.15) is 0 Å². The Balaban J connectivity index is 0.00000192. The summed E-state index contributed by atoms with van der Waals surface area (Å²) in [4.78, 5) is 10.2. The average Bonchev–Trinajstić information content (AvgIpc) is 2.54. The number of nitrogens with zero attached hydrogens (tertiary/aromatic N) is 3. The lowest BCUT2D eigenvalue weighted by molar-refractivity contribution is -0.158. The van der Waals surface area contributed by atoms with Gasteiger partial charge in [0.15, 0.2) is 0 Å². The Labute approximate surface area is 132 Å². The van der Waals surface area contributed by atoms with Crippen molar-refractivity contribution in [3.05, 3.63) is 37.0 Å². The number of rotatable bonds is 3. The number of guanidine groups is 1. The van der Waals surface area contributed by atoms with Crippen molar-refractivity contribution in [3.63, 3.8) is 0 Å². The molecule has 2 aliphatic rings. The van der Waals surface area contributed by atoms with Gasteiger partial charge < -0.3 is 15.0 Å². The van der Waals surface area contributed by atoms with Gasteiger partial charge in [-0.1, -0.05) is 6.58 Å². The van der Waals surface area contributed by atoms with Crippen molar-refractivity contribution in [2.45, 2.75) is 24.9 Å². The van der Waals surface area contributed by atoms with Crippen LogP contribution < -0.4 is 10.2 Å². The van der Waals surface area contributed by atoms with Gasteiger partial charge in [-0.3, -0.25) is 0 Å². The SMILES string of the molecule is C=CN=C(N=C)Nc1ccc(N2CCC3(CCO3)CC2)cc1.[HH]. The van der Waals surface area contributed by atoms with Crippen LogP contribution in [-0.4, -0.2) is 38.0 Å². The standard InChI is InChI=1S/C17H22N4O.H2/c1-3-19-16(18-2)20-14-4-6-15(7-5-14)21-11-8-17(9-12-21)10-13-22-17;/h3-7H,1-2,8-13H2,(H,19,20);1H.